The van der Waals surface area contributed by atoms with Gasteiger partial charge in [-0.15, -0.1) is 0 Å². The van der Waals surface area contributed by atoms with Gasteiger partial charge in [-0.25, -0.2) is 0 Å². The van der Waals surface area contributed by atoms with Gasteiger partial charge in [-0.3, -0.25) is 4.90 Å². The molecule has 20 heavy (non-hydrogen) atoms. The summed E-state index contributed by atoms with van der Waals surface area (Å²) in [6.45, 7) is 14.8. The van der Waals surface area contributed by atoms with Crippen molar-refractivity contribution in [2.24, 2.45) is 5.92 Å². The first-order valence-corrected chi connectivity index (χ1v) is 8.55. The van der Waals surface area contributed by atoms with E-state index in [1.807, 2.05) is 0 Å². The number of rotatable bonds is 7. The Hall–Kier alpha value is -0.160. The monoisotopic (exact) mass is 283 g/mol. The zero-order chi connectivity index (χ0) is 14.2. The second kappa shape index (κ2) is 8.98. The van der Waals surface area contributed by atoms with Crippen molar-refractivity contribution in [1.29, 1.82) is 0 Å². The molecular formula is C16H33N3O. The van der Waals surface area contributed by atoms with Gasteiger partial charge >= 0.3 is 0 Å². The van der Waals surface area contributed by atoms with Crippen molar-refractivity contribution >= 4 is 0 Å². The maximum absolute atomic E-state index is 5.39. The Morgan fingerprint density at radius 3 is 2.70 bits per heavy atom. The van der Waals surface area contributed by atoms with Gasteiger partial charge in [0.15, 0.2) is 0 Å². The van der Waals surface area contributed by atoms with Crippen LogP contribution in [0.3, 0.4) is 0 Å². The molecule has 2 saturated heterocycles. The SMILES string of the molecule is CCCN1CCCC(C(C)NCCN2CCOCC2)C1. The van der Waals surface area contributed by atoms with Crippen LogP contribution in [0.1, 0.15) is 33.1 Å². The third-order valence-electron chi connectivity index (χ3n) is 4.79. The molecule has 0 spiro atoms. The van der Waals surface area contributed by atoms with Crippen molar-refractivity contribution < 1.29 is 4.74 Å². The molecule has 2 unspecified atom stereocenters. The summed E-state index contributed by atoms with van der Waals surface area (Å²) in [6.07, 6.45) is 4.05. The molecule has 2 aliphatic rings. The number of hydrogen-bond donors (Lipinski definition) is 1. The number of morpholine rings is 1. The molecule has 1 N–H and O–H groups in total. The molecule has 2 rings (SSSR count). The molecule has 0 radical (unpaired) electrons. The van der Waals surface area contributed by atoms with Crippen molar-refractivity contribution in [3.8, 4) is 0 Å². The van der Waals surface area contributed by atoms with Gasteiger partial charge in [-0.2, -0.15) is 0 Å². The van der Waals surface area contributed by atoms with E-state index in [4.69, 9.17) is 4.74 Å². The van der Waals surface area contributed by atoms with E-state index in [-0.39, 0.29) is 0 Å². The first-order chi connectivity index (χ1) is 9.79. The highest BCUT2D eigenvalue weighted by Crippen LogP contribution is 2.19. The van der Waals surface area contributed by atoms with E-state index in [2.05, 4.69) is 29.0 Å². The van der Waals surface area contributed by atoms with Crippen LogP contribution in [-0.2, 0) is 4.74 Å². The highest BCUT2D eigenvalue weighted by molar-refractivity contribution is 4.80. The van der Waals surface area contributed by atoms with Crippen molar-refractivity contribution in [3.63, 3.8) is 0 Å². The van der Waals surface area contributed by atoms with Crippen LogP contribution in [0.4, 0.5) is 0 Å². The highest BCUT2D eigenvalue weighted by atomic mass is 16.5. The normalized spacial score (nSPS) is 27.6. The summed E-state index contributed by atoms with van der Waals surface area (Å²) in [7, 11) is 0. The lowest BCUT2D eigenvalue weighted by Crippen LogP contribution is -2.47. The lowest BCUT2D eigenvalue weighted by molar-refractivity contribution is 0.0376. The van der Waals surface area contributed by atoms with Crippen LogP contribution in [0.2, 0.25) is 0 Å². The molecule has 0 aliphatic carbocycles. The minimum absolute atomic E-state index is 0.649. The largest absolute Gasteiger partial charge is 0.379 e. The molecule has 2 aliphatic heterocycles. The second-order valence-corrected chi connectivity index (χ2v) is 6.40. The Kier molecular flexibility index (Phi) is 7.28. The predicted octanol–water partition coefficient (Wildman–Crippen LogP) is 1.42. The molecular weight excluding hydrogens is 250 g/mol. The van der Waals surface area contributed by atoms with E-state index in [9.17, 15) is 0 Å². The van der Waals surface area contributed by atoms with E-state index >= 15 is 0 Å². The fourth-order valence-corrected chi connectivity index (χ4v) is 3.46. The van der Waals surface area contributed by atoms with E-state index < -0.39 is 0 Å². The number of ether oxygens (including phenoxy) is 1. The van der Waals surface area contributed by atoms with Crippen molar-refractivity contribution in [2.75, 3.05) is 59.0 Å². The van der Waals surface area contributed by atoms with Gasteiger partial charge in [-0.1, -0.05) is 6.92 Å². The van der Waals surface area contributed by atoms with Crippen molar-refractivity contribution in [1.82, 2.24) is 15.1 Å². The van der Waals surface area contributed by atoms with Gasteiger partial charge in [0.25, 0.3) is 0 Å². The summed E-state index contributed by atoms with van der Waals surface area (Å²) >= 11 is 0. The number of hydrogen-bond acceptors (Lipinski definition) is 4. The Balaban J connectivity index is 1.62. The third-order valence-corrected chi connectivity index (χ3v) is 4.79. The van der Waals surface area contributed by atoms with E-state index in [0.29, 0.717) is 6.04 Å². The molecule has 4 nitrogen and oxygen atoms in total. The summed E-state index contributed by atoms with van der Waals surface area (Å²) in [5.74, 6) is 0.833. The van der Waals surface area contributed by atoms with Crippen LogP contribution in [0.15, 0.2) is 0 Å². The molecule has 0 aromatic carbocycles. The molecule has 0 amide bonds. The van der Waals surface area contributed by atoms with Gasteiger partial charge in [-0.05, 0) is 45.2 Å². The van der Waals surface area contributed by atoms with Crippen LogP contribution in [0, 0.1) is 5.92 Å². The van der Waals surface area contributed by atoms with Crippen molar-refractivity contribution in [3.05, 3.63) is 0 Å². The summed E-state index contributed by atoms with van der Waals surface area (Å²) < 4.78 is 5.39. The summed E-state index contributed by atoms with van der Waals surface area (Å²) in [5, 5.41) is 3.75. The zero-order valence-corrected chi connectivity index (χ0v) is 13.4. The predicted molar refractivity (Wildman–Crippen MR) is 84.2 cm³/mol. The van der Waals surface area contributed by atoms with Crippen LogP contribution >= 0.6 is 0 Å². The molecule has 4 heteroatoms. The second-order valence-electron chi connectivity index (χ2n) is 6.40. The van der Waals surface area contributed by atoms with Crippen LogP contribution in [-0.4, -0.2) is 74.9 Å². The van der Waals surface area contributed by atoms with Crippen LogP contribution in [0.5, 0.6) is 0 Å². The smallest absolute Gasteiger partial charge is 0.0594 e. The standard InChI is InChI=1S/C16H33N3O/c1-3-7-19-8-4-5-16(14-19)15(2)17-6-9-18-10-12-20-13-11-18/h15-17H,3-14H2,1-2H3. The third kappa shape index (κ3) is 5.32. The number of nitrogens with zero attached hydrogens (tertiary/aromatic N) is 2. The molecule has 0 aromatic heterocycles. The van der Waals surface area contributed by atoms with Gasteiger partial charge in [0.05, 0.1) is 13.2 Å². The molecule has 118 valence electrons. The zero-order valence-electron chi connectivity index (χ0n) is 13.4. The minimum atomic E-state index is 0.649. The Bertz CT molecular complexity index is 254. The van der Waals surface area contributed by atoms with E-state index in [1.54, 1.807) is 0 Å². The average molecular weight is 283 g/mol. The molecule has 0 bridgehead atoms. The van der Waals surface area contributed by atoms with Gasteiger partial charge < -0.3 is 15.0 Å². The van der Waals surface area contributed by atoms with E-state index in [1.165, 1.54) is 45.4 Å². The topological polar surface area (TPSA) is 27.7 Å². The van der Waals surface area contributed by atoms with Gasteiger partial charge in [0.1, 0.15) is 0 Å². The quantitative estimate of drug-likeness (QED) is 0.765. The maximum Gasteiger partial charge on any atom is 0.0594 e. The Morgan fingerprint density at radius 2 is 1.95 bits per heavy atom. The van der Waals surface area contributed by atoms with Crippen LogP contribution < -0.4 is 5.32 Å². The first kappa shape index (κ1) is 16.2. The number of nitrogens with one attached hydrogen (secondary N) is 1. The maximum atomic E-state index is 5.39. The lowest BCUT2D eigenvalue weighted by atomic mass is 9.91. The number of likely N-dealkylation sites (tertiary alicyclic amines) is 1. The van der Waals surface area contributed by atoms with Gasteiger partial charge in [0.2, 0.25) is 0 Å². The lowest BCUT2D eigenvalue weighted by Gasteiger charge is -2.36. The summed E-state index contributed by atoms with van der Waals surface area (Å²) in [6, 6.07) is 0.649. The fourth-order valence-electron chi connectivity index (χ4n) is 3.46. The Labute approximate surface area is 124 Å². The summed E-state index contributed by atoms with van der Waals surface area (Å²) in [5.41, 5.74) is 0. The first-order valence-electron chi connectivity index (χ1n) is 8.55. The van der Waals surface area contributed by atoms with Crippen molar-refractivity contribution in [2.45, 2.75) is 39.2 Å². The summed E-state index contributed by atoms with van der Waals surface area (Å²) in [4.78, 5) is 5.15. The highest BCUT2D eigenvalue weighted by Gasteiger charge is 2.23. The molecule has 0 aromatic rings. The average Bonchev–Trinajstić information content (AvgIpc) is 2.49. The molecule has 0 saturated carbocycles. The van der Waals surface area contributed by atoms with Crippen LogP contribution in [0.25, 0.3) is 0 Å². The van der Waals surface area contributed by atoms with E-state index in [0.717, 1.165) is 38.8 Å². The molecule has 2 atom stereocenters. The molecule has 2 heterocycles. The Morgan fingerprint density at radius 1 is 1.15 bits per heavy atom. The number of piperidine rings is 1. The van der Waals surface area contributed by atoms with Gasteiger partial charge in [0, 0.05) is 38.8 Å². The minimum Gasteiger partial charge on any atom is -0.379 e. The molecule has 2 fully saturated rings. The fraction of sp³-hybridized carbons (Fsp3) is 1.00.